The Kier molecular flexibility index (Phi) is 7.08. The van der Waals surface area contributed by atoms with Crippen molar-refractivity contribution in [2.24, 2.45) is 0 Å². The van der Waals surface area contributed by atoms with Crippen molar-refractivity contribution in [2.45, 2.75) is 19.8 Å². The smallest absolute Gasteiger partial charge is 0.139 e. The second-order valence-corrected chi connectivity index (χ2v) is 18.3. The lowest BCUT2D eigenvalue weighted by Crippen LogP contribution is -2.10. The number of hydrogen-bond acceptors (Lipinski definition) is 5. The van der Waals surface area contributed by atoms with Crippen molar-refractivity contribution < 1.29 is 17.7 Å². The molecule has 0 atom stereocenters. The molecule has 0 saturated carbocycles. The van der Waals surface area contributed by atoms with Crippen molar-refractivity contribution in [3.05, 3.63) is 188 Å². The molecular weight excluding hydrogens is 811 g/mol. The van der Waals surface area contributed by atoms with Gasteiger partial charge in [-0.05, 0) is 152 Å². The summed E-state index contributed by atoms with van der Waals surface area (Å²) in [4.78, 5) is 2.35. The molecule has 0 unspecified atom stereocenters. The predicted octanol–water partition coefficient (Wildman–Crippen LogP) is 18.5. The summed E-state index contributed by atoms with van der Waals surface area (Å²) in [5.41, 5.74) is 11.2. The van der Waals surface area contributed by atoms with Crippen LogP contribution in [0.1, 0.15) is 25.3 Å². The molecule has 0 aliphatic rings. The molecule has 0 saturated heterocycles. The lowest BCUT2D eigenvalue weighted by atomic mass is 10.0. The second-order valence-electron chi connectivity index (χ2n) is 18.3. The molecule has 11 aromatic carbocycles. The minimum atomic E-state index is 0.427. The lowest BCUT2D eigenvalue weighted by Gasteiger charge is -2.26. The maximum absolute atomic E-state index is 6.62. The van der Waals surface area contributed by atoms with Crippen LogP contribution in [0.3, 0.4) is 0 Å². The predicted molar refractivity (Wildman–Crippen MR) is 274 cm³/mol. The second kappa shape index (κ2) is 13.0. The molecule has 0 spiro atoms. The van der Waals surface area contributed by atoms with Gasteiger partial charge in [-0.25, -0.2) is 0 Å². The quantitative estimate of drug-likeness (QED) is 0.177. The first kappa shape index (κ1) is 35.9. The molecule has 310 valence electrons. The molecule has 15 aromatic rings. The summed E-state index contributed by atoms with van der Waals surface area (Å²) >= 11 is 0. The van der Waals surface area contributed by atoms with E-state index in [1.54, 1.807) is 0 Å². The SMILES string of the molecule is CC(C)c1ccc(N(c2ccc3cc4c(cc3c2)oc2cc3oc5cc6ccccc6cc5c3cc24)c2ccc3cc4c(cc3c2)oc2cc3oc5cc6ccccc6cc5c3cc24)cc1. The number of nitrogens with zero attached hydrogens (tertiary/aromatic N) is 1. The Bertz CT molecular complexity index is 4290. The molecule has 5 heteroatoms. The first-order valence-electron chi connectivity index (χ1n) is 22.6. The van der Waals surface area contributed by atoms with Crippen LogP contribution in [0.5, 0.6) is 0 Å². The van der Waals surface area contributed by atoms with E-state index in [1.807, 2.05) is 12.1 Å². The Morgan fingerprint density at radius 3 is 0.955 bits per heavy atom. The molecule has 15 rings (SSSR count). The molecule has 0 aliphatic carbocycles. The maximum Gasteiger partial charge on any atom is 0.139 e. The van der Waals surface area contributed by atoms with Crippen LogP contribution in [-0.2, 0) is 0 Å². The average molecular weight is 848 g/mol. The first-order chi connectivity index (χ1) is 32.4. The van der Waals surface area contributed by atoms with Crippen molar-refractivity contribution in [3.8, 4) is 0 Å². The van der Waals surface area contributed by atoms with Crippen molar-refractivity contribution in [3.63, 3.8) is 0 Å². The highest BCUT2D eigenvalue weighted by Gasteiger charge is 2.20. The van der Waals surface area contributed by atoms with Gasteiger partial charge >= 0.3 is 0 Å². The van der Waals surface area contributed by atoms with Crippen LogP contribution in [0.2, 0.25) is 0 Å². The highest BCUT2D eigenvalue weighted by atomic mass is 16.3. The molecule has 0 bridgehead atoms. The van der Waals surface area contributed by atoms with E-state index in [4.69, 9.17) is 17.7 Å². The van der Waals surface area contributed by atoms with Crippen molar-refractivity contribution in [1.29, 1.82) is 0 Å². The van der Waals surface area contributed by atoms with Gasteiger partial charge < -0.3 is 22.6 Å². The number of anilines is 3. The Morgan fingerprint density at radius 1 is 0.273 bits per heavy atom. The fourth-order valence-electron chi connectivity index (χ4n) is 10.7. The van der Waals surface area contributed by atoms with Gasteiger partial charge in [-0.2, -0.15) is 0 Å². The number of furan rings is 4. The van der Waals surface area contributed by atoms with Gasteiger partial charge in [0.2, 0.25) is 0 Å². The van der Waals surface area contributed by atoms with Gasteiger partial charge in [-0.3, -0.25) is 0 Å². The summed E-state index contributed by atoms with van der Waals surface area (Å²) in [7, 11) is 0. The van der Waals surface area contributed by atoms with E-state index in [1.165, 1.54) is 27.1 Å². The van der Waals surface area contributed by atoms with E-state index < -0.39 is 0 Å². The number of hydrogen-bond donors (Lipinski definition) is 0. The van der Waals surface area contributed by atoms with Crippen LogP contribution in [0.25, 0.3) is 131 Å². The fraction of sp³-hybridized carbons (Fsp3) is 0.0492. The normalized spacial score (nSPS) is 12.5. The Hall–Kier alpha value is -8.54. The Morgan fingerprint density at radius 2 is 0.576 bits per heavy atom. The third-order valence-corrected chi connectivity index (χ3v) is 14.1. The van der Waals surface area contributed by atoms with Gasteiger partial charge in [0.15, 0.2) is 0 Å². The van der Waals surface area contributed by atoms with E-state index in [0.717, 1.165) is 126 Å². The van der Waals surface area contributed by atoms with Crippen molar-refractivity contribution in [2.75, 3.05) is 4.90 Å². The Balaban J connectivity index is 0.856. The summed E-state index contributed by atoms with van der Waals surface area (Å²) < 4.78 is 26.1. The monoisotopic (exact) mass is 847 g/mol. The highest BCUT2D eigenvalue weighted by molar-refractivity contribution is 6.20. The number of fused-ring (bicyclic) bond motifs is 16. The van der Waals surface area contributed by atoms with E-state index >= 15 is 0 Å². The maximum atomic E-state index is 6.62. The minimum absolute atomic E-state index is 0.427. The topological polar surface area (TPSA) is 55.8 Å². The van der Waals surface area contributed by atoms with Crippen LogP contribution < -0.4 is 4.90 Å². The fourth-order valence-corrected chi connectivity index (χ4v) is 10.7. The number of benzene rings is 11. The van der Waals surface area contributed by atoms with Crippen LogP contribution in [-0.4, -0.2) is 0 Å². The van der Waals surface area contributed by atoms with Gasteiger partial charge in [-0.1, -0.05) is 86.6 Å². The van der Waals surface area contributed by atoms with E-state index in [9.17, 15) is 0 Å². The third kappa shape index (κ3) is 5.22. The molecule has 0 N–H and O–H groups in total. The molecular formula is C61H37NO4. The van der Waals surface area contributed by atoms with Gasteiger partial charge in [0, 0.05) is 72.3 Å². The Labute approximate surface area is 376 Å². The lowest BCUT2D eigenvalue weighted by molar-refractivity contribution is 0.656. The van der Waals surface area contributed by atoms with Crippen LogP contribution in [0.4, 0.5) is 17.1 Å². The summed E-state index contributed by atoms with van der Waals surface area (Å²) in [6.07, 6.45) is 0. The molecule has 66 heavy (non-hydrogen) atoms. The van der Waals surface area contributed by atoms with Crippen LogP contribution in [0.15, 0.2) is 200 Å². The molecule has 4 aromatic heterocycles. The molecule has 5 nitrogen and oxygen atoms in total. The van der Waals surface area contributed by atoms with E-state index in [2.05, 4.69) is 189 Å². The molecule has 0 fully saturated rings. The molecule has 0 amide bonds. The summed E-state index contributed by atoms with van der Waals surface area (Å²) in [6.45, 7) is 4.47. The molecule has 0 aliphatic heterocycles. The third-order valence-electron chi connectivity index (χ3n) is 14.1. The average Bonchev–Trinajstić information content (AvgIpc) is 4.08. The molecule has 4 heterocycles. The first-order valence-corrected chi connectivity index (χ1v) is 22.6. The van der Waals surface area contributed by atoms with Crippen LogP contribution >= 0.6 is 0 Å². The summed E-state index contributed by atoms with van der Waals surface area (Å²) in [5.74, 6) is 0.427. The molecule has 0 radical (unpaired) electrons. The summed E-state index contributed by atoms with van der Waals surface area (Å²) in [5, 5.41) is 18.0. The van der Waals surface area contributed by atoms with Gasteiger partial charge in [0.25, 0.3) is 0 Å². The zero-order chi connectivity index (χ0) is 43.4. The van der Waals surface area contributed by atoms with Gasteiger partial charge in [-0.15, -0.1) is 0 Å². The largest absolute Gasteiger partial charge is 0.456 e. The zero-order valence-corrected chi connectivity index (χ0v) is 36.0. The van der Waals surface area contributed by atoms with Gasteiger partial charge in [0.1, 0.15) is 44.7 Å². The number of rotatable bonds is 4. The van der Waals surface area contributed by atoms with E-state index in [0.29, 0.717) is 5.92 Å². The highest BCUT2D eigenvalue weighted by Crippen LogP contribution is 2.44. The standard InChI is InChI=1S/C61H37NO4/c1-33(2)34-11-15-43(16-12-34)62(44-17-13-39-23-48-52-29-50-46-21-35-7-3-5-9-37(35)25-54(46)63-58(50)31-60(52)65-56(48)27-41(39)19-44)45-18-14-40-24-49-53-30-51-47-22-36-8-4-6-10-38(36)26-55(47)64-59(51)32-61(53)66-57(49)28-42(40)20-45/h3-33H,1-2H3. The summed E-state index contributed by atoms with van der Waals surface area (Å²) in [6, 6.07) is 65.5. The van der Waals surface area contributed by atoms with Crippen LogP contribution in [0, 0.1) is 0 Å². The van der Waals surface area contributed by atoms with E-state index in [-0.39, 0.29) is 0 Å². The van der Waals surface area contributed by atoms with Gasteiger partial charge in [0.05, 0.1) is 0 Å². The van der Waals surface area contributed by atoms with Crippen molar-refractivity contribution in [1.82, 2.24) is 0 Å². The zero-order valence-electron chi connectivity index (χ0n) is 36.0. The minimum Gasteiger partial charge on any atom is -0.456 e. The van der Waals surface area contributed by atoms with Crippen molar-refractivity contribution >= 4 is 148 Å².